The van der Waals surface area contributed by atoms with Gasteiger partial charge in [-0.1, -0.05) is 13.0 Å². The Morgan fingerprint density at radius 2 is 2.05 bits per heavy atom. The second-order valence-electron chi connectivity index (χ2n) is 5.37. The third-order valence-corrected chi connectivity index (χ3v) is 3.55. The largest absolute Gasteiger partial charge is 0.305 e. The van der Waals surface area contributed by atoms with Crippen LogP contribution < -0.4 is 5.32 Å². The van der Waals surface area contributed by atoms with Crippen LogP contribution >= 0.6 is 0 Å². The summed E-state index contributed by atoms with van der Waals surface area (Å²) in [5, 5.41) is 2.86. The molecular weight excluding hydrogens is 276 g/mol. The number of nitrogens with zero attached hydrogens (tertiary/aromatic N) is 3. The number of carbonyl (C=O) groups is 1. The van der Waals surface area contributed by atoms with Crippen LogP contribution in [0.5, 0.6) is 0 Å². The number of hydrogen-bond donors (Lipinski definition) is 1. The summed E-state index contributed by atoms with van der Waals surface area (Å²) in [5.41, 5.74) is 4.27. The summed E-state index contributed by atoms with van der Waals surface area (Å²) < 4.78 is 1.85. The number of pyridine rings is 2. The molecule has 5 nitrogen and oxygen atoms in total. The average molecular weight is 294 g/mol. The summed E-state index contributed by atoms with van der Waals surface area (Å²) in [7, 11) is 0. The highest BCUT2D eigenvalue weighted by molar-refractivity contribution is 6.04. The van der Waals surface area contributed by atoms with Gasteiger partial charge in [-0.3, -0.25) is 9.20 Å². The number of amides is 1. The van der Waals surface area contributed by atoms with Crippen molar-refractivity contribution in [2.24, 2.45) is 0 Å². The first kappa shape index (κ1) is 14.3. The number of imidazole rings is 1. The van der Waals surface area contributed by atoms with E-state index in [4.69, 9.17) is 0 Å². The van der Waals surface area contributed by atoms with Gasteiger partial charge in [0.2, 0.25) is 0 Å². The lowest BCUT2D eigenvalue weighted by atomic mass is 10.2. The van der Waals surface area contributed by atoms with Crippen molar-refractivity contribution in [3.8, 4) is 0 Å². The number of hydrogen-bond acceptors (Lipinski definition) is 3. The number of fused-ring (bicyclic) bond motifs is 1. The molecule has 0 aliphatic rings. The highest BCUT2D eigenvalue weighted by Gasteiger charge is 2.18. The Labute approximate surface area is 129 Å². The maximum Gasteiger partial charge on any atom is 0.275 e. The van der Waals surface area contributed by atoms with Gasteiger partial charge in [0.25, 0.3) is 5.91 Å². The zero-order valence-corrected chi connectivity index (χ0v) is 12.9. The molecule has 0 radical (unpaired) electrons. The lowest BCUT2D eigenvalue weighted by Gasteiger charge is -2.07. The first-order valence-corrected chi connectivity index (χ1v) is 7.30. The molecule has 0 saturated heterocycles. The predicted molar refractivity (Wildman–Crippen MR) is 86.2 cm³/mol. The molecule has 1 N–H and O–H groups in total. The molecule has 22 heavy (non-hydrogen) atoms. The Morgan fingerprint density at radius 3 is 2.77 bits per heavy atom. The fourth-order valence-corrected chi connectivity index (χ4v) is 2.47. The van der Waals surface area contributed by atoms with Gasteiger partial charge in [-0.15, -0.1) is 0 Å². The van der Waals surface area contributed by atoms with E-state index in [9.17, 15) is 4.79 Å². The lowest BCUT2D eigenvalue weighted by Crippen LogP contribution is -2.17. The van der Waals surface area contributed by atoms with Gasteiger partial charge in [-0.2, -0.15) is 0 Å². The predicted octanol–water partition coefficient (Wildman–Crippen LogP) is 3.16. The molecule has 0 atom stereocenters. The molecule has 0 spiro atoms. The molecule has 3 aromatic heterocycles. The molecule has 0 aliphatic carbocycles. The zero-order chi connectivity index (χ0) is 15.7. The highest BCUT2D eigenvalue weighted by Crippen LogP contribution is 2.16. The minimum atomic E-state index is -0.187. The van der Waals surface area contributed by atoms with Gasteiger partial charge in [0.1, 0.15) is 17.2 Å². The number of aryl methyl sites for hydroxylation is 3. The molecule has 3 heterocycles. The molecule has 1 amide bonds. The molecule has 3 aromatic rings. The summed E-state index contributed by atoms with van der Waals surface area (Å²) in [4.78, 5) is 21.4. The van der Waals surface area contributed by atoms with E-state index < -0.39 is 0 Å². The van der Waals surface area contributed by atoms with E-state index >= 15 is 0 Å². The fraction of sp³-hybridized carbons (Fsp3) is 0.235. The van der Waals surface area contributed by atoms with Crippen molar-refractivity contribution in [1.29, 1.82) is 0 Å². The maximum atomic E-state index is 12.7. The van der Waals surface area contributed by atoms with Crippen LogP contribution in [0.25, 0.3) is 5.65 Å². The molecule has 112 valence electrons. The van der Waals surface area contributed by atoms with E-state index in [1.807, 2.05) is 55.6 Å². The zero-order valence-electron chi connectivity index (χ0n) is 12.9. The SMILES string of the molecule is CCc1nc2ccc(C)cn2c1C(=O)Nc1cc(C)ccn1. The van der Waals surface area contributed by atoms with E-state index in [1.165, 1.54) is 0 Å². The molecule has 0 aromatic carbocycles. The Morgan fingerprint density at radius 1 is 1.23 bits per heavy atom. The van der Waals surface area contributed by atoms with Crippen LogP contribution in [-0.4, -0.2) is 20.3 Å². The molecular formula is C17H18N4O. The van der Waals surface area contributed by atoms with E-state index in [2.05, 4.69) is 15.3 Å². The highest BCUT2D eigenvalue weighted by atomic mass is 16.2. The Bertz CT molecular complexity index is 851. The molecule has 0 aliphatic heterocycles. The van der Waals surface area contributed by atoms with Gasteiger partial charge in [-0.05, 0) is 49.6 Å². The standard InChI is InChI=1S/C17H18N4O/c1-4-13-16(21-10-12(3)5-6-15(21)19-13)17(22)20-14-9-11(2)7-8-18-14/h5-10H,4H2,1-3H3,(H,18,20,22). The van der Waals surface area contributed by atoms with Gasteiger partial charge in [0.05, 0.1) is 5.69 Å². The topological polar surface area (TPSA) is 59.3 Å². The summed E-state index contributed by atoms with van der Waals surface area (Å²) >= 11 is 0. The van der Waals surface area contributed by atoms with Crippen molar-refractivity contribution in [2.45, 2.75) is 27.2 Å². The van der Waals surface area contributed by atoms with Crippen LogP contribution in [0.4, 0.5) is 5.82 Å². The second kappa shape index (κ2) is 5.60. The van der Waals surface area contributed by atoms with Crippen molar-refractivity contribution in [3.63, 3.8) is 0 Å². The van der Waals surface area contributed by atoms with Crippen LogP contribution in [0.1, 0.15) is 34.2 Å². The van der Waals surface area contributed by atoms with E-state index in [-0.39, 0.29) is 5.91 Å². The smallest absolute Gasteiger partial charge is 0.275 e. The van der Waals surface area contributed by atoms with Gasteiger partial charge in [-0.25, -0.2) is 9.97 Å². The molecule has 0 saturated carbocycles. The molecule has 0 unspecified atom stereocenters. The lowest BCUT2D eigenvalue weighted by molar-refractivity contribution is 0.102. The van der Waals surface area contributed by atoms with Crippen molar-refractivity contribution >= 4 is 17.4 Å². The van der Waals surface area contributed by atoms with Gasteiger partial charge >= 0.3 is 0 Å². The average Bonchev–Trinajstić information content (AvgIpc) is 2.85. The van der Waals surface area contributed by atoms with Crippen LogP contribution in [0.3, 0.4) is 0 Å². The van der Waals surface area contributed by atoms with Crippen molar-refractivity contribution in [1.82, 2.24) is 14.4 Å². The molecule has 5 heteroatoms. The van der Waals surface area contributed by atoms with Gasteiger partial charge in [0, 0.05) is 12.4 Å². The first-order chi connectivity index (χ1) is 10.6. The molecule has 3 rings (SSSR count). The van der Waals surface area contributed by atoms with E-state index in [0.717, 1.165) is 22.5 Å². The minimum Gasteiger partial charge on any atom is -0.305 e. The van der Waals surface area contributed by atoms with Gasteiger partial charge in [0.15, 0.2) is 0 Å². The summed E-state index contributed by atoms with van der Waals surface area (Å²) in [6, 6.07) is 7.66. The summed E-state index contributed by atoms with van der Waals surface area (Å²) in [6.45, 7) is 5.96. The number of rotatable bonds is 3. The van der Waals surface area contributed by atoms with Crippen LogP contribution in [0, 0.1) is 13.8 Å². The number of carbonyl (C=O) groups excluding carboxylic acids is 1. The fourth-order valence-electron chi connectivity index (χ4n) is 2.47. The third kappa shape index (κ3) is 2.57. The van der Waals surface area contributed by atoms with Crippen LogP contribution in [0.2, 0.25) is 0 Å². The van der Waals surface area contributed by atoms with Crippen LogP contribution in [-0.2, 0) is 6.42 Å². The van der Waals surface area contributed by atoms with Gasteiger partial charge < -0.3 is 5.32 Å². The monoisotopic (exact) mass is 294 g/mol. The normalized spacial score (nSPS) is 10.9. The van der Waals surface area contributed by atoms with Crippen molar-refractivity contribution in [2.75, 3.05) is 5.32 Å². The summed E-state index contributed by atoms with van der Waals surface area (Å²) in [5.74, 6) is 0.364. The van der Waals surface area contributed by atoms with Crippen molar-refractivity contribution < 1.29 is 4.79 Å². The van der Waals surface area contributed by atoms with E-state index in [1.54, 1.807) is 6.20 Å². The Kier molecular flexibility index (Phi) is 3.63. The number of nitrogens with one attached hydrogen (secondary N) is 1. The minimum absolute atomic E-state index is 0.187. The molecule has 0 fully saturated rings. The first-order valence-electron chi connectivity index (χ1n) is 7.30. The number of anilines is 1. The van der Waals surface area contributed by atoms with Crippen molar-refractivity contribution in [3.05, 3.63) is 59.2 Å². The van der Waals surface area contributed by atoms with Crippen LogP contribution in [0.15, 0.2) is 36.7 Å². The third-order valence-electron chi connectivity index (χ3n) is 3.55. The summed E-state index contributed by atoms with van der Waals surface area (Å²) in [6.07, 6.45) is 4.31. The maximum absolute atomic E-state index is 12.7. The Balaban J connectivity index is 2.04. The second-order valence-corrected chi connectivity index (χ2v) is 5.37. The molecule has 0 bridgehead atoms. The quantitative estimate of drug-likeness (QED) is 0.807. The number of aromatic nitrogens is 3. The van der Waals surface area contributed by atoms with E-state index in [0.29, 0.717) is 17.9 Å². The Hall–Kier alpha value is -2.69.